The zero-order valence-corrected chi connectivity index (χ0v) is 10.3. The van der Waals surface area contributed by atoms with E-state index in [1.807, 2.05) is 7.05 Å². The van der Waals surface area contributed by atoms with Crippen molar-refractivity contribution in [3.63, 3.8) is 0 Å². The molecule has 1 saturated heterocycles. The van der Waals surface area contributed by atoms with Crippen LogP contribution < -0.4 is 5.32 Å². The molecule has 1 unspecified atom stereocenters. The smallest absolute Gasteiger partial charge is 0.229 e. The van der Waals surface area contributed by atoms with Crippen molar-refractivity contribution in [2.24, 2.45) is 0 Å². The fourth-order valence-corrected chi connectivity index (χ4v) is 1.91. The first-order valence-electron chi connectivity index (χ1n) is 6.15. The van der Waals surface area contributed by atoms with E-state index in [-0.39, 0.29) is 11.8 Å². The molecule has 1 atom stereocenters. The van der Waals surface area contributed by atoms with Crippen LogP contribution in [0.1, 0.15) is 45.4 Å². The molecule has 1 heterocycles. The summed E-state index contributed by atoms with van der Waals surface area (Å²) in [7, 11) is 1.95. The molecule has 1 rings (SSSR count). The van der Waals surface area contributed by atoms with Gasteiger partial charge in [0.25, 0.3) is 0 Å². The number of rotatable bonds is 6. The number of nitrogens with zero attached hydrogens (tertiary/aromatic N) is 1. The van der Waals surface area contributed by atoms with Crippen LogP contribution in [0, 0.1) is 0 Å². The minimum Gasteiger partial charge on any atom is -0.317 e. The van der Waals surface area contributed by atoms with E-state index in [1.54, 1.807) is 0 Å². The van der Waals surface area contributed by atoms with Crippen molar-refractivity contribution in [1.82, 2.24) is 10.2 Å². The van der Waals surface area contributed by atoms with Crippen LogP contribution in [0.2, 0.25) is 0 Å². The molecule has 0 aromatic heterocycles. The minimum atomic E-state index is 0.0120. The molecule has 1 aliphatic heterocycles. The molecule has 4 nitrogen and oxygen atoms in total. The van der Waals surface area contributed by atoms with Crippen molar-refractivity contribution < 1.29 is 9.59 Å². The zero-order valence-electron chi connectivity index (χ0n) is 10.3. The van der Waals surface area contributed by atoms with Crippen molar-refractivity contribution in [2.75, 3.05) is 13.6 Å². The first-order valence-corrected chi connectivity index (χ1v) is 6.15. The van der Waals surface area contributed by atoms with Gasteiger partial charge in [-0.3, -0.25) is 14.5 Å². The van der Waals surface area contributed by atoms with E-state index in [0.717, 1.165) is 25.7 Å². The number of piperidine rings is 1. The average Bonchev–Trinajstić information content (AvgIpc) is 2.27. The number of hydrogen-bond donors (Lipinski definition) is 1. The topological polar surface area (TPSA) is 49.4 Å². The minimum absolute atomic E-state index is 0.0120. The van der Waals surface area contributed by atoms with Crippen molar-refractivity contribution in [3.8, 4) is 0 Å². The highest BCUT2D eigenvalue weighted by Crippen LogP contribution is 2.13. The average molecular weight is 226 g/mol. The number of amides is 2. The molecule has 0 radical (unpaired) electrons. The van der Waals surface area contributed by atoms with E-state index in [1.165, 1.54) is 4.90 Å². The lowest BCUT2D eigenvalue weighted by Crippen LogP contribution is -2.40. The second-order valence-electron chi connectivity index (χ2n) is 4.48. The van der Waals surface area contributed by atoms with Gasteiger partial charge in [0.15, 0.2) is 0 Å². The Labute approximate surface area is 97.4 Å². The van der Waals surface area contributed by atoms with Gasteiger partial charge >= 0.3 is 0 Å². The Hall–Kier alpha value is -0.900. The second-order valence-corrected chi connectivity index (χ2v) is 4.48. The molecule has 0 aromatic carbocycles. The van der Waals surface area contributed by atoms with Gasteiger partial charge in [0.05, 0.1) is 0 Å². The summed E-state index contributed by atoms with van der Waals surface area (Å²) in [6.07, 6.45) is 4.87. The Kier molecular flexibility index (Phi) is 5.46. The summed E-state index contributed by atoms with van der Waals surface area (Å²) in [4.78, 5) is 24.4. The van der Waals surface area contributed by atoms with Gasteiger partial charge in [-0.2, -0.15) is 0 Å². The van der Waals surface area contributed by atoms with E-state index < -0.39 is 0 Å². The van der Waals surface area contributed by atoms with E-state index in [4.69, 9.17) is 0 Å². The molecule has 4 heteroatoms. The SMILES string of the molecule is CNC(C)CCCCN1C(=O)CCCC1=O. The maximum Gasteiger partial charge on any atom is 0.229 e. The fraction of sp³-hybridized carbons (Fsp3) is 0.833. The van der Waals surface area contributed by atoms with Crippen LogP contribution in [0.3, 0.4) is 0 Å². The van der Waals surface area contributed by atoms with Crippen LogP contribution in [0.5, 0.6) is 0 Å². The van der Waals surface area contributed by atoms with Gasteiger partial charge < -0.3 is 5.32 Å². The molecule has 1 fully saturated rings. The van der Waals surface area contributed by atoms with Gasteiger partial charge in [0.1, 0.15) is 0 Å². The molecule has 16 heavy (non-hydrogen) atoms. The largest absolute Gasteiger partial charge is 0.317 e. The van der Waals surface area contributed by atoms with E-state index in [0.29, 0.717) is 25.4 Å². The summed E-state index contributed by atoms with van der Waals surface area (Å²) in [5.74, 6) is 0.0239. The van der Waals surface area contributed by atoms with Gasteiger partial charge in [-0.05, 0) is 33.2 Å². The number of carbonyl (C=O) groups excluding carboxylic acids is 2. The van der Waals surface area contributed by atoms with Crippen molar-refractivity contribution in [3.05, 3.63) is 0 Å². The Bertz CT molecular complexity index is 237. The molecule has 0 aromatic rings. The van der Waals surface area contributed by atoms with Crippen LogP contribution in [0.4, 0.5) is 0 Å². The Morgan fingerprint density at radius 1 is 1.25 bits per heavy atom. The Balaban J connectivity index is 2.20. The first-order chi connectivity index (χ1) is 7.65. The summed E-state index contributed by atoms with van der Waals surface area (Å²) in [5, 5.41) is 3.17. The molecule has 92 valence electrons. The predicted molar refractivity (Wildman–Crippen MR) is 62.9 cm³/mol. The molecule has 0 saturated carbocycles. The Morgan fingerprint density at radius 2 is 1.88 bits per heavy atom. The maximum atomic E-state index is 11.5. The summed E-state index contributed by atoms with van der Waals surface area (Å²) >= 11 is 0. The van der Waals surface area contributed by atoms with Crippen molar-refractivity contribution in [2.45, 2.75) is 51.5 Å². The number of unbranched alkanes of at least 4 members (excludes halogenated alkanes) is 1. The van der Waals surface area contributed by atoms with Crippen LogP contribution in [-0.2, 0) is 9.59 Å². The van der Waals surface area contributed by atoms with Crippen LogP contribution >= 0.6 is 0 Å². The van der Waals surface area contributed by atoms with Gasteiger partial charge in [0, 0.05) is 25.4 Å². The molecule has 0 aliphatic carbocycles. The highest BCUT2D eigenvalue weighted by atomic mass is 16.2. The molecular formula is C12H22N2O2. The molecule has 1 aliphatic rings. The monoisotopic (exact) mass is 226 g/mol. The second kappa shape index (κ2) is 6.63. The quantitative estimate of drug-likeness (QED) is 0.548. The first kappa shape index (κ1) is 13.2. The highest BCUT2D eigenvalue weighted by Gasteiger charge is 2.24. The molecule has 0 bridgehead atoms. The van der Waals surface area contributed by atoms with E-state index in [9.17, 15) is 9.59 Å². The van der Waals surface area contributed by atoms with Crippen LogP contribution in [-0.4, -0.2) is 36.3 Å². The third kappa shape index (κ3) is 3.93. The van der Waals surface area contributed by atoms with Gasteiger partial charge in [-0.1, -0.05) is 6.42 Å². The third-order valence-corrected chi connectivity index (χ3v) is 3.15. The third-order valence-electron chi connectivity index (χ3n) is 3.15. The standard InChI is InChI=1S/C12H22N2O2/c1-10(13-2)6-3-4-9-14-11(15)7-5-8-12(14)16/h10,13H,3-9H2,1-2H3. The van der Waals surface area contributed by atoms with Gasteiger partial charge in [0.2, 0.25) is 11.8 Å². The fourth-order valence-electron chi connectivity index (χ4n) is 1.91. The number of likely N-dealkylation sites (tertiary alicyclic amines) is 1. The molecular weight excluding hydrogens is 204 g/mol. The van der Waals surface area contributed by atoms with Gasteiger partial charge in [-0.15, -0.1) is 0 Å². The Morgan fingerprint density at radius 3 is 2.44 bits per heavy atom. The normalized spacial score (nSPS) is 19.0. The lowest BCUT2D eigenvalue weighted by molar-refractivity contribution is -0.147. The summed E-state index contributed by atoms with van der Waals surface area (Å²) in [5.41, 5.74) is 0. The lowest BCUT2D eigenvalue weighted by atomic mass is 10.1. The molecule has 0 spiro atoms. The summed E-state index contributed by atoms with van der Waals surface area (Å²) < 4.78 is 0. The number of imide groups is 1. The predicted octanol–water partition coefficient (Wildman–Crippen LogP) is 1.30. The molecule has 2 amide bonds. The molecule has 1 N–H and O–H groups in total. The zero-order chi connectivity index (χ0) is 12.0. The van der Waals surface area contributed by atoms with Crippen LogP contribution in [0.25, 0.3) is 0 Å². The summed E-state index contributed by atoms with van der Waals surface area (Å²) in [6, 6.07) is 0.507. The lowest BCUT2D eigenvalue weighted by Gasteiger charge is -2.24. The van der Waals surface area contributed by atoms with Crippen LogP contribution in [0.15, 0.2) is 0 Å². The number of carbonyl (C=O) groups is 2. The van der Waals surface area contributed by atoms with Gasteiger partial charge in [-0.25, -0.2) is 0 Å². The number of nitrogens with one attached hydrogen (secondary N) is 1. The van der Waals surface area contributed by atoms with E-state index >= 15 is 0 Å². The van der Waals surface area contributed by atoms with Crippen molar-refractivity contribution in [1.29, 1.82) is 0 Å². The summed E-state index contributed by atoms with van der Waals surface area (Å²) in [6.45, 7) is 2.74. The van der Waals surface area contributed by atoms with E-state index in [2.05, 4.69) is 12.2 Å². The number of hydrogen-bond acceptors (Lipinski definition) is 3. The van der Waals surface area contributed by atoms with Crippen molar-refractivity contribution >= 4 is 11.8 Å². The highest BCUT2D eigenvalue weighted by molar-refractivity contribution is 5.97. The maximum absolute atomic E-state index is 11.5.